The van der Waals surface area contributed by atoms with E-state index in [1.165, 1.54) is 0 Å². The number of anilines is 1. The molecule has 0 unspecified atom stereocenters. The largest absolute Gasteiger partial charge is 0.416 e. The van der Waals surface area contributed by atoms with Crippen molar-refractivity contribution in [2.75, 3.05) is 25.0 Å². The lowest BCUT2D eigenvalue weighted by Gasteiger charge is -2.31. The molecule has 1 aliphatic rings. The van der Waals surface area contributed by atoms with Gasteiger partial charge in [-0.05, 0) is 12.8 Å². The van der Waals surface area contributed by atoms with Gasteiger partial charge in [-0.3, -0.25) is 25.1 Å². The summed E-state index contributed by atoms with van der Waals surface area (Å²) in [4.78, 5) is 22.4. The summed E-state index contributed by atoms with van der Waals surface area (Å²) in [7, 11) is 0. The summed E-state index contributed by atoms with van der Waals surface area (Å²) in [6.45, 7) is 5.60. The molecule has 1 aromatic carbocycles. The van der Waals surface area contributed by atoms with Crippen LogP contribution in [0.25, 0.3) is 0 Å². The van der Waals surface area contributed by atoms with Crippen LogP contribution in [0, 0.1) is 20.2 Å². The molecule has 11 heteroatoms. The molecule has 0 bridgehead atoms. The summed E-state index contributed by atoms with van der Waals surface area (Å²) in [5.41, 5.74) is -3.84. The van der Waals surface area contributed by atoms with Crippen LogP contribution in [0.1, 0.15) is 18.4 Å². The number of halogens is 3. The van der Waals surface area contributed by atoms with Gasteiger partial charge in [0, 0.05) is 37.8 Å². The predicted molar refractivity (Wildman–Crippen MR) is 88.0 cm³/mol. The molecule has 0 spiro atoms. The van der Waals surface area contributed by atoms with Crippen molar-refractivity contribution in [3.63, 3.8) is 0 Å². The van der Waals surface area contributed by atoms with Crippen LogP contribution < -0.4 is 5.32 Å². The van der Waals surface area contributed by atoms with Crippen molar-refractivity contribution >= 4 is 17.1 Å². The van der Waals surface area contributed by atoms with Crippen LogP contribution in [0.15, 0.2) is 24.8 Å². The van der Waals surface area contributed by atoms with E-state index in [0.717, 1.165) is 0 Å². The maximum atomic E-state index is 12.9. The lowest BCUT2D eigenvalue weighted by Crippen LogP contribution is -2.39. The molecule has 1 fully saturated rings. The molecule has 142 valence electrons. The molecule has 0 aromatic heterocycles. The molecule has 1 saturated heterocycles. The Morgan fingerprint density at radius 3 is 2.08 bits per heavy atom. The van der Waals surface area contributed by atoms with E-state index >= 15 is 0 Å². The average molecular weight is 374 g/mol. The SMILES string of the molecule is C=CCN1CCC(Nc2c([N+](=O)[O-])cc(C(F)(F)F)cc2[N+](=O)[O-])CC1. The predicted octanol–water partition coefficient (Wildman–Crippen LogP) is 3.58. The standard InChI is InChI=1S/C15H17F3N4O4/c1-2-5-20-6-3-11(4-7-20)19-14-12(21(23)24)8-10(15(16,17)18)9-13(14)22(25)26/h2,8-9,11,19H,1,3-7H2. The van der Waals surface area contributed by atoms with Crippen molar-refractivity contribution in [3.05, 3.63) is 50.6 Å². The maximum absolute atomic E-state index is 12.9. The zero-order chi connectivity index (χ0) is 19.5. The molecule has 2 rings (SSSR count). The number of nitrogens with one attached hydrogen (secondary N) is 1. The summed E-state index contributed by atoms with van der Waals surface area (Å²) >= 11 is 0. The molecule has 0 atom stereocenters. The number of hydrogen-bond acceptors (Lipinski definition) is 6. The first-order chi connectivity index (χ1) is 12.1. The Morgan fingerprint density at radius 1 is 1.19 bits per heavy atom. The van der Waals surface area contributed by atoms with E-state index in [1.54, 1.807) is 6.08 Å². The number of rotatable bonds is 6. The van der Waals surface area contributed by atoms with E-state index in [9.17, 15) is 33.4 Å². The average Bonchev–Trinajstić information content (AvgIpc) is 2.55. The number of likely N-dealkylation sites (tertiary alicyclic amines) is 1. The second-order valence-corrected chi connectivity index (χ2v) is 5.91. The van der Waals surface area contributed by atoms with Gasteiger partial charge in [0.25, 0.3) is 11.4 Å². The van der Waals surface area contributed by atoms with Gasteiger partial charge in [0.2, 0.25) is 0 Å². The number of nitrogens with zero attached hydrogens (tertiary/aromatic N) is 3. The van der Waals surface area contributed by atoms with E-state index in [4.69, 9.17) is 0 Å². The number of alkyl halides is 3. The zero-order valence-electron chi connectivity index (χ0n) is 13.7. The Balaban J connectivity index is 2.36. The minimum atomic E-state index is -4.93. The second kappa shape index (κ2) is 7.68. The molecule has 1 aromatic rings. The van der Waals surface area contributed by atoms with Crippen LogP contribution in [0.3, 0.4) is 0 Å². The fourth-order valence-corrected chi connectivity index (χ4v) is 2.86. The van der Waals surface area contributed by atoms with Gasteiger partial charge in [-0.15, -0.1) is 6.58 Å². The number of nitro groups is 2. The molecular weight excluding hydrogens is 357 g/mol. The molecule has 8 nitrogen and oxygen atoms in total. The second-order valence-electron chi connectivity index (χ2n) is 5.91. The Morgan fingerprint density at radius 2 is 1.69 bits per heavy atom. The van der Waals surface area contributed by atoms with Gasteiger partial charge in [-0.1, -0.05) is 6.08 Å². The monoisotopic (exact) mass is 374 g/mol. The van der Waals surface area contributed by atoms with Gasteiger partial charge in [0.15, 0.2) is 5.69 Å². The summed E-state index contributed by atoms with van der Waals surface area (Å²) in [6, 6.07) is 0.329. The molecule has 1 aliphatic heterocycles. The highest BCUT2D eigenvalue weighted by atomic mass is 19.4. The van der Waals surface area contributed by atoms with Gasteiger partial charge < -0.3 is 5.32 Å². The van der Waals surface area contributed by atoms with Crippen LogP contribution in [-0.2, 0) is 6.18 Å². The quantitative estimate of drug-likeness (QED) is 0.464. The van der Waals surface area contributed by atoms with Gasteiger partial charge in [-0.2, -0.15) is 13.2 Å². The third kappa shape index (κ3) is 4.48. The molecular formula is C15H17F3N4O4. The molecule has 1 heterocycles. The van der Waals surface area contributed by atoms with E-state index in [-0.39, 0.29) is 6.04 Å². The first-order valence-electron chi connectivity index (χ1n) is 7.77. The first-order valence-corrected chi connectivity index (χ1v) is 7.77. The van der Waals surface area contributed by atoms with Gasteiger partial charge >= 0.3 is 6.18 Å². The van der Waals surface area contributed by atoms with Crippen LogP contribution >= 0.6 is 0 Å². The van der Waals surface area contributed by atoms with Crippen molar-refractivity contribution in [3.8, 4) is 0 Å². The Hall–Kier alpha value is -2.69. The fourth-order valence-electron chi connectivity index (χ4n) is 2.86. The van der Waals surface area contributed by atoms with Crippen LogP contribution in [0.4, 0.5) is 30.2 Å². The Bertz CT molecular complexity index is 680. The minimum absolute atomic E-state index is 0.315. The van der Waals surface area contributed by atoms with Crippen molar-refractivity contribution in [1.82, 2.24) is 4.90 Å². The van der Waals surface area contributed by atoms with Gasteiger partial charge in [0.05, 0.1) is 15.4 Å². The number of nitro benzene ring substituents is 2. The maximum Gasteiger partial charge on any atom is 0.416 e. The number of benzene rings is 1. The highest BCUT2D eigenvalue weighted by Crippen LogP contribution is 2.41. The van der Waals surface area contributed by atoms with E-state index in [1.807, 2.05) is 0 Å². The van der Waals surface area contributed by atoms with Gasteiger partial charge in [-0.25, -0.2) is 0 Å². The van der Waals surface area contributed by atoms with E-state index in [2.05, 4.69) is 16.8 Å². The van der Waals surface area contributed by atoms with Crippen LogP contribution in [0.2, 0.25) is 0 Å². The lowest BCUT2D eigenvalue weighted by atomic mass is 10.0. The molecule has 1 N–H and O–H groups in total. The minimum Gasteiger partial charge on any atom is -0.371 e. The highest BCUT2D eigenvalue weighted by Gasteiger charge is 2.38. The lowest BCUT2D eigenvalue weighted by molar-refractivity contribution is -0.392. The number of piperidine rings is 1. The highest BCUT2D eigenvalue weighted by molar-refractivity contribution is 5.75. The van der Waals surface area contributed by atoms with Crippen molar-refractivity contribution in [2.24, 2.45) is 0 Å². The third-order valence-electron chi connectivity index (χ3n) is 4.14. The Kier molecular flexibility index (Phi) is 5.80. The Labute approximate surface area is 146 Å². The summed E-state index contributed by atoms with van der Waals surface area (Å²) < 4.78 is 38.7. The van der Waals surface area contributed by atoms with Gasteiger partial charge in [0.1, 0.15) is 0 Å². The topological polar surface area (TPSA) is 102 Å². The fraction of sp³-hybridized carbons (Fsp3) is 0.467. The third-order valence-corrected chi connectivity index (χ3v) is 4.14. The summed E-state index contributed by atoms with van der Waals surface area (Å²) in [5.74, 6) is 0. The molecule has 0 aliphatic carbocycles. The zero-order valence-corrected chi connectivity index (χ0v) is 13.7. The number of hydrogen-bond donors (Lipinski definition) is 1. The first kappa shape index (κ1) is 19.6. The van der Waals surface area contributed by atoms with Crippen molar-refractivity contribution in [2.45, 2.75) is 25.1 Å². The van der Waals surface area contributed by atoms with E-state index < -0.39 is 38.6 Å². The van der Waals surface area contributed by atoms with Crippen LogP contribution in [0.5, 0.6) is 0 Å². The van der Waals surface area contributed by atoms with Crippen molar-refractivity contribution in [1.29, 1.82) is 0 Å². The van der Waals surface area contributed by atoms with E-state index in [0.29, 0.717) is 44.6 Å². The summed E-state index contributed by atoms with van der Waals surface area (Å²) in [5, 5.41) is 25.1. The van der Waals surface area contributed by atoms with Crippen molar-refractivity contribution < 1.29 is 23.0 Å². The molecule has 0 radical (unpaired) electrons. The molecule has 0 saturated carbocycles. The normalized spacial score (nSPS) is 16.3. The smallest absolute Gasteiger partial charge is 0.371 e. The summed E-state index contributed by atoms with van der Waals surface area (Å²) in [6.07, 6.45) is -2.10. The molecule has 0 amide bonds. The molecule has 26 heavy (non-hydrogen) atoms. The van der Waals surface area contributed by atoms with Crippen LogP contribution in [-0.4, -0.2) is 40.4 Å².